The summed E-state index contributed by atoms with van der Waals surface area (Å²) in [5, 5.41) is 0.635. The number of hydrogen-bond acceptors (Lipinski definition) is 5. The third-order valence-electron chi connectivity index (χ3n) is 5.01. The van der Waals surface area contributed by atoms with E-state index in [1.54, 1.807) is 6.07 Å². The van der Waals surface area contributed by atoms with Crippen LogP contribution >= 0.6 is 0 Å². The van der Waals surface area contributed by atoms with E-state index in [0.29, 0.717) is 17.8 Å². The molecule has 2 aliphatic heterocycles. The second kappa shape index (κ2) is 7.64. The molecule has 0 radical (unpaired) electrons. The van der Waals surface area contributed by atoms with E-state index in [1.807, 2.05) is 18.2 Å². The van der Waals surface area contributed by atoms with E-state index in [2.05, 4.69) is 14.9 Å². The zero-order valence-electron chi connectivity index (χ0n) is 14.4. The molecule has 2 aliphatic rings. The fourth-order valence-corrected chi connectivity index (χ4v) is 3.78. The summed E-state index contributed by atoms with van der Waals surface area (Å²) in [7, 11) is 0. The maximum Gasteiger partial charge on any atom is 0.258 e. The molecule has 2 aromatic rings. The Morgan fingerprint density at radius 3 is 2.40 bits per heavy atom. The highest BCUT2D eigenvalue weighted by atomic mass is 16.5. The van der Waals surface area contributed by atoms with Gasteiger partial charge in [-0.25, -0.2) is 4.98 Å². The average molecular weight is 343 g/mol. The van der Waals surface area contributed by atoms with Crippen molar-refractivity contribution in [1.29, 1.82) is 0 Å². The maximum atomic E-state index is 12.3. The lowest BCUT2D eigenvalue weighted by molar-refractivity contribution is 0.0336. The van der Waals surface area contributed by atoms with Crippen molar-refractivity contribution in [2.45, 2.75) is 44.4 Å². The van der Waals surface area contributed by atoms with Crippen LogP contribution in [0.15, 0.2) is 29.1 Å². The van der Waals surface area contributed by atoms with Crippen LogP contribution in [0.1, 0.15) is 31.5 Å². The van der Waals surface area contributed by atoms with Gasteiger partial charge in [0.1, 0.15) is 5.82 Å². The quantitative estimate of drug-likeness (QED) is 0.870. The van der Waals surface area contributed by atoms with Crippen LogP contribution in [-0.4, -0.2) is 53.4 Å². The first-order valence-corrected chi connectivity index (χ1v) is 9.21. The Balaban J connectivity index is 1.52. The molecule has 0 saturated carbocycles. The number of nitrogens with zero attached hydrogens (tertiary/aromatic N) is 2. The molecule has 2 saturated heterocycles. The van der Waals surface area contributed by atoms with Gasteiger partial charge in [-0.1, -0.05) is 12.1 Å². The number of fused-ring (bicyclic) bond motifs is 1. The molecule has 3 heterocycles. The molecule has 4 rings (SSSR count). The minimum atomic E-state index is -0.0743. The minimum Gasteiger partial charge on any atom is -0.377 e. The Morgan fingerprint density at radius 1 is 1.08 bits per heavy atom. The topological polar surface area (TPSA) is 67.5 Å². The standard InChI is InChI=1S/C19H25N3O3/c23-19-16-7-1-2-8-17(16)20-18(21-19)13-22(11-14-5-3-9-24-14)12-15-6-4-10-25-15/h1-2,7-8,14-15H,3-6,9-13H2,(H,20,21,23)/t14-,15-/m0/s1. The Morgan fingerprint density at radius 2 is 1.76 bits per heavy atom. The molecule has 0 spiro atoms. The highest BCUT2D eigenvalue weighted by Crippen LogP contribution is 2.18. The molecule has 1 N–H and O–H groups in total. The van der Waals surface area contributed by atoms with Gasteiger partial charge in [-0.05, 0) is 37.8 Å². The number of para-hydroxylation sites is 1. The Labute approximate surface area is 147 Å². The number of nitrogens with one attached hydrogen (secondary N) is 1. The smallest absolute Gasteiger partial charge is 0.258 e. The summed E-state index contributed by atoms with van der Waals surface area (Å²) >= 11 is 0. The van der Waals surface area contributed by atoms with E-state index >= 15 is 0 Å². The molecule has 134 valence electrons. The summed E-state index contributed by atoms with van der Waals surface area (Å²) in [6.07, 6.45) is 5.00. The van der Waals surface area contributed by atoms with Crippen molar-refractivity contribution in [3.8, 4) is 0 Å². The lowest BCUT2D eigenvalue weighted by atomic mass is 10.2. The Kier molecular flexibility index (Phi) is 5.10. The van der Waals surface area contributed by atoms with Gasteiger partial charge in [0.05, 0.1) is 29.7 Å². The van der Waals surface area contributed by atoms with Crippen molar-refractivity contribution in [2.75, 3.05) is 26.3 Å². The van der Waals surface area contributed by atoms with E-state index in [9.17, 15) is 4.79 Å². The van der Waals surface area contributed by atoms with Gasteiger partial charge in [-0.3, -0.25) is 9.69 Å². The number of ether oxygens (including phenoxy) is 2. The third-order valence-corrected chi connectivity index (χ3v) is 5.01. The predicted molar refractivity (Wildman–Crippen MR) is 95.6 cm³/mol. The van der Waals surface area contributed by atoms with Crippen molar-refractivity contribution < 1.29 is 9.47 Å². The lowest BCUT2D eigenvalue weighted by Crippen LogP contribution is -2.38. The summed E-state index contributed by atoms with van der Waals surface area (Å²) in [4.78, 5) is 22.2. The van der Waals surface area contributed by atoms with Gasteiger partial charge in [-0.15, -0.1) is 0 Å². The predicted octanol–water partition coefficient (Wildman–Crippen LogP) is 2.08. The largest absolute Gasteiger partial charge is 0.377 e. The molecule has 6 nitrogen and oxygen atoms in total. The van der Waals surface area contributed by atoms with Crippen LogP contribution in [0.4, 0.5) is 0 Å². The number of rotatable bonds is 6. The number of aromatic amines is 1. The van der Waals surface area contributed by atoms with Gasteiger partial charge in [0.15, 0.2) is 0 Å². The lowest BCUT2D eigenvalue weighted by Gasteiger charge is -2.27. The van der Waals surface area contributed by atoms with Gasteiger partial charge >= 0.3 is 0 Å². The van der Waals surface area contributed by atoms with E-state index in [1.165, 1.54) is 0 Å². The minimum absolute atomic E-state index is 0.0743. The number of aromatic nitrogens is 2. The Bertz CT molecular complexity index is 746. The van der Waals surface area contributed by atoms with E-state index in [-0.39, 0.29) is 17.8 Å². The summed E-state index contributed by atoms with van der Waals surface area (Å²) < 4.78 is 11.6. The fraction of sp³-hybridized carbons (Fsp3) is 0.579. The van der Waals surface area contributed by atoms with Crippen molar-refractivity contribution in [1.82, 2.24) is 14.9 Å². The molecule has 2 fully saturated rings. The fourth-order valence-electron chi connectivity index (χ4n) is 3.78. The molecule has 1 aromatic carbocycles. The van der Waals surface area contributed by atoms with Gasteiger partial charge in [-0.2, -0.15) is 0 Å². The first-order chi connectivity index (χ1) is 12.3. The molecule has 0 aliphatic carbocycles. The molecular weight excluding hydrogens is 318 g/mol. The number of hydrogen-bond donors (Lipinski definition) is 1. The molecule has 2 atom stereocenters. The highest BCUT2D eigenvalue weighted by Gasteiger charge is 2.24. The molecule has 0 unspecified atom stereocenters. The van der Waals surface area contributed by atoms with Crippen LogP contribution in [-0.2, 0) is 16.0 Å². The average Bonchev–Trinajstić information content (AvgIpc) is 3.29. The SMILES string of the molecule is O=c1[nH]c(CN(C[C@@H]2CCCO2)C[C@@H]2CCCO2)nc2ccccc12. The molecule has 1 aromatic heterocycles. The van der Waals surface area contributed by atoms with Crippen LogP contribution in [0.25, 0.3) is 10.9 Å². The second-order valence-electron chi connectivity index (χ2n) is 6.99. The molecule has 0 amide bonds. The van der Waals surface area contributed by atoms with Crippen LogP contribution in [0, 0.1) is 0 Å². The summed E-state index contributed by atoms with van der Waals surface area (Å²) in [5.74, 6) is 0.708. The van der Waals surface area contributed by atoms with Crippen molar-refractivity contribution in [2.24, 2.45) is 0 Å². The maximum absolute atomic E-state index is 12.3. The van der Waals surface area contributed by atoms with Crippen LogP contribution < -0.4 is 5.56 Å². The van der Waals surface area contributed by atoms with Gasteiger partial charge < -0.3 is 14.5 Å². The van der Waals surface area contributed by atoms with Crippen molar-refractivity contribution in [3.05, 3.63) is 40.4 Å². The van der Waals surface area contributed by atoms with E-state index in [0.717, 1.165) is 57.5 Å². The van der Waals surface area contributed by atoms with Gasteiger partial charge in [0.25, 0.3) is 5.56 Å². The monoisotopic (exact) mass is 343 g/mol. The van der Waals surface area contributed by atoms with E-state index < -0.39 is 0 Å². The molecular formula is C19H25N3O3. The molecule has 25 heavy (non-hydrogen) atoms. The van der Waals surface area contributed by atoms with E-state index in [4.69, 9.17) is 9.47 Å². The molecule has 0 bridgehead atoms. The number of H-pyrrole nitrogens is 1. The molecule has 6 heteroatoms. The van der Waals surface area contributed by atoms with Crippen molar-refractivity contribution in [3.63, 3.8) is 0 Å². The summed E-state index contributed by atoms with van der Waals surface area (Å²) in [6, 6.07) is 7.47. The van der Waals surface area contributed by atoms with Gasteiger partial charge in [0, 0.05) is 26.3 Å². The van der Waals surface area contributed by atoms with Crippen LogP contribution in [0.3, 0.4) is 0 Å². The first kappa shape index (κ1) is 16.7. The highest BCUT2D eigenvalue weighted by molar-refractivity contribution is 5.77. The number of benzene rings is 1. The summed E-state index contributed by atoms with van der Waals surface area (Å²) in [5.41, 5.74) is 0.671. The first-order valence-electron chi connectivity index (χ1n) is 9.21. The summed E-state index contributed by atoms with van der Waals surface area (Å²) in [6.45, 7) is 4.03. The van der Waals surface area contributed by atoms with Crippen LogP contribution in [0.2, 0.25) is 0 Å². The Hall–Kier alpha value is -1.76. The van der Waals surface area contributed by atoms with Gasteiger partial charge in [0.2, 0.25) is 0 Å². The van der Waals surface area contributed by atoms with Crippen molar-refractivity contribution >= 4 is 10.9 Å². The zero-order valence-corrected chi connectivity index (χ0v) is 14.4. The van der Waals surface area contributed by atoms with Crippen LogP contribution in [0.5, 0.6) is 0 Å². The second-order valence-corrected chi connectivity index (χ2v) is 6.99. The zero-order chi connectivity index (χ0) is 17.1. The normalized spacial score (nSPS) is 23.7. The third kappa shape index (κ3) is 4.08.